The van der Waals surface area contributed by atoms with E-state index in [1.54, 1.807) is 0 Å². The van der Waals surface area contributed by atoms with E-state index in [0.717, 1.165) is 12.2 Å². The fraction of sp³-hybridized carbons (Fsp3) is 0.333. The van der Waals surface area contributed by atoms with Crippen molar-refractivity contribution in [3.63, 3.8) is 0 Å². The molecule has 2 aromatic rings. The zero-order valence-corrected chi connectivity index (χ0v) is 13.3. The van der Waals surface area contributed by atoms with Gasteiger partial charge in [-0.05, 0) is 36.8 Å². The molecule has 1 nitrogen and oxygen atoms in total. The second kappa shape index (κ2) is 7.39. The molecule has 1 unspecified atom stereocenters. The summed E-state index contributed by atoms with van der Waals surface area (Å²) in [6.07, 6.45) is 1.08. The van der Waals surface area contributed by atoms with Crippen LogP contribution in [0.15, 0.2) is 53.4 Å². The maximum atomic E-state index is 3.70. The smallest absolute Gasteiger partial charge is 0.0511 e. The molecule has 2 rings (SSSR count). The van der Waals surface area contributed by atoms with Crippen molar-refractivity contribution in [3.8, 4) is 0 Å². The second-order valence-electron chi connectivity index (χ2n) is 4.95. The number of benzene rings is 2. The van der Waals surface area contributed by atoms with Crippen LogP contribution >= 0.6 is 11.8 Å². The lowest BCUT2D eigenvalue weighted by atomic mass is 10.0. The van der Waals surface area contributed by atoms with Gasteiger partial charge in [0.1, 0.15) is 0 Å². The van der Waals surface area contributed by atoms with Gasteiger partial charge in [0, 0.05) is 10.6 Å². The summed E-state index contributed by atoms with van der Waals surface area (Å²) in [7, 11) is 0. The number of hydrogen-bond donors (Lipinski definition) is 1. The van der Waals surface area contributed by atoms with Gasteiger partial charge in [-0.25, -0.2) is 0 Å². The average Bonchev–Trinajstić information content (AvgIpc) is 2.48. The fourth-order valence-electron chi connectivity index (χ4n) is 2.27. The van der Waals surface area contributed by atoms with Crippen LogP contribution in [0.3, 0.4) is 0 Å². The van der Waals surface area contributed by atoms with Crippen LogP contribution in [0.1, 0.15) is 37.4 Å². The average molecular weight is 285 g/mol. The monoisotopic (exact) mass is 285 g/mol. The van der Waals surface area contributed by atoms with E-state index in [9.17, 15) is 0 Å². The Balaban J connectivity index is 2.20. The lowest BCUT2D eigenvalue weighted by molar-refractivity contribution is 0.746. The van der Waals surface area contributed by atoms with Gasteiger partial charge in [0.15, 0.2) is 0 Å². The largest absolute Gasteiger partial charge is 0.377 e. The predicted molar refractivity (Wildman–Crippen MR) is 90.7 cm³/mol. The third-order valence-corrected chi connectivity index (χ3v) is 4.36. The summed E-state index contributed by atoms with van der Waals surface area (Å²) in [5.41, 5.74) is 3.91. The molecule has 0 saturated carbocycles. The first-order chi connectivity index (χ1) is 9.74. The van der Waals surface area contributed by atoms with Gasteiger partial charge in [-0.3, -0.25) is 0 Å². The number of rotatable bonds is 6. The highest BCUT2D eigenvalue weighted by Gasteiger charge is 2.11. The third kappa shape index (κ3) is 3.80. The third-order valence-electron chi connectivity index (χ3n) is 3.40. The van der Waals surface area contributed by atoms with Crippen molar-refractivity contribution in [2.45, 2.75) is 38.1 Å². The molecule has 1 N–H and O–H groups in total. The van der Waals surface area contributed by atoms with Crippen molar-refractivity contribution in [1.29, 1.82) is 0 Å². The SMILES string of the molecule is CCSc1ccccc1NC(CC)c1ccc(C)cc1. The Hall–Kier alpha value is -1.41. The Morgan fingerprint density at radius 2 is 1.70 bits per heavy atom. The molecule has 0 aliphatic carbocycles. The highest BCUT2D eigenvalue weighted by atomic mass is 32.2. The van der Waals surface area contributed by atoms with Crippen molar-refractivity contribution < 1.29 is 0 Å². The van der Waals surface area contributed by atoms with Crippen LogP contribution in [0.2, 0.25) is 0 Å². The first-order valence-electron chi connectivity index (χ1n) is 7.29. The standard InChI is InChI=1S/C18H23NS/c1-4-16(15-12-10-14(3)11-13-15)19-17-8-6-7-9-18(17)20-5-2/h6-13,16,19H,4-5H2,1-3H3. The summed E-state index contributed by atoms with van der Waals surface area (Å²) < 4.78 is 0. The van der Waals surface area contributed by atoms with Crippen LogP contribution in [-0.4, -0.2) is 5.75 Å². The highest BCUT2D eigenvalue weighted by molar-refractivity contribution is 7.99. The number of anilines is 1. The normalized spacial score (nSPS) is 12.2. The first-order valence-corrected chi connectivity index (χ1v) is 8.28. The van der Waals surface area contributed by atoms with E-state index in [1.165, 1.54) is 21.7 Å². The Morgan fingerprint density at radius 1 is 1.00 bits per heavy atom. The van der Waals surface area contributed by atoms with Crippen LogP contribution < -0.4 is 5.32 Å². The molecule has 0 heterocycles. The molecule has 0 saturated heterocycles. The molecule has 0 aliphatic heterocycles. The van der Waals surface area contributed by atoms with Crippen molar-refractivity contribution in [3.05, 3.63) is 59.7 Å². The molecule has 0 aromatic heterocycles. The van der Waals surface area contributed by atoms with Crippen LogP contribution in [-0.2, 0) is 0 Å². The summed E-state index contributed by atoms with van der Waals surface area (Å²) in [5, 5.41) is 3.70. The van der Waals surface area contributed by atoms with Crippen LogP contribution in [0, 0.1) is 6.92 Å². The molecule has 20 heavy (non-hydrogen) atoms. The highest BCUT2D eigenvalue weighted by Crippen LogP contribution is 2.30. The van der Waals surface area contributed by atoms with Crippen LogP contribution in [0.5, 0.6) is 0 Å². The number of para-hydroxylation sites is 1. The molecule has 2 aromatic carbocycles. The fourth-order valence-corrected chi connectivity index (χ4v) is 3.04. The number of aryl methyl sites for hydroxylation is 1. The molecule has 0 bridgehead atoms. The molecule has 106 valence electrons. The van der Waals surface area contributed by atoms with E-state index < -0.39 is 0 Å². The summed E-state index contributed by atoms with van der Waals surface area (Å²) in [6, 6.07) is 17.8. The molecule has 0 spiro atoms. The van der Waals surface area contributed by atoms with E-state index in [0.29, 0.717) is 6.04 Å². The second-order valence-corrected chi connectivity index (χ2v) is 6.25. The van der Waals surface area contributed by atoms with Gasteiger partial charge in [0.25, 0.3) is 0 Å². The minimum absolute atomic E-state index is 0.370. The number of thioether (sulfide) groups is 1. The van der Waals surface area contributed by atoms with Crippen LogP contribution in [0.25, 0.3) is 0 Å². The van der Waals surface area contributed by atoms with Gasteiger partial charge < -0.3 is 5.32 Å². The maximum Gasteiger partial charge on any atom is 0.0511 e. The van der Waals surface area contributed by atoms with Gasteiger partial charge in [-0.1, -0.05) is 55.8 Å². The quantitative estimate of drug-likeness (QED) is 0.686. The minimum atomic E-state index is 0.370. The van der Waals surface area contributed by atoms with Crippen LogP contribution in [0.4, 0.5) is 5.69 Å². The Labute approximate surface area is 126 Å². The Morgan fingerprint density at radius 3 is 2.35 bits per heavy atom. The number of nitrogens with one attached hydrogen (secondary N) is 1. The zero-order chi connectivity index (χ0) is 14.4. The molecule has 0 amide bonds. The summed E-state index contributed by atoms with van der Waals surface area (Å²) in [6.45, 7) is 6.55. The lowest BCUT2D eigenvalue weighted by Crippen LogP contribution is -2.10. The van der Waals surface area contributed by atoms with E-state index in [-0.39, 0.29) is 0 Å². The minimum Gasteiger partial charge on any atom is -0.377 e. The molecular weight excluding hydrogens is 262 g/mol. The first kappa shape index (κ1) is 15.0. The lowest BCUT2D eigenvalue weighted by Gasteiger charge is -2.21. The molecule has 0 radical (unpaired) electrons. The van der Waals surface area contributed by atoms with E-state index in [1.807, 2.05) is 11.8 Å². The van der Waals surface area contributed by atoms with E-state index >= 15 is 0 Å². The zero-order valence-electron chi connectivity index (χ0n) is 12.5. The van der Waals surface area contributed by atoms with Gasteiger partial charge >= 0.3 is 0 Å². The summed E-state index contributed by atoms with van der Waals surface area (Å²) >= 11 is 1.89. The van der Waals surface area contributed by atoms with Gasteiger partial charge in [0.2, 0.25) is 0 Å². The Kier molecular flexibility index (Phi) is 5.54. The molecule has 0 aliphatic rings. The van der Waals surface area contributed by atoms with Crippen molar-refractivity contribution in [2.24, 2.45) is 0 Å². The topological polar surface area (TPSA) is 12.0 Å². The summed E-state index contributed by atoms with van der Waals surface area (Å²) in [5.74, 6) is 1.10. The number of hydrogen-bond acceptors (Lipinski definition) is 2. The van der Waals surface area contributed by atoms with Gasteiger partial charge in [-0.2, -0.15) is 0 Å². The van der Waals surface area contributed by atoms with Crippen molar-refractivity contribution in [1.82, 2.24) is 0 Å². The van der Waals surface area contributed by atoms with Gasteiger partial charge in [0.05, 0.1) is 6.04 Å². The van der Waals surface area contributed by atoms with Gasteiger partial charge in [-0.15, -0.1) is 11.8 Å². The Bertz CT molecular complexity index is 533. The van der Waals surface area contributed by atoms with Crippen molar-refractivity contribution >= 4 is 17.4 Å². The van der Waals surface area contributed by atoms with E-state index in [2.05, 4.69) is 74.6 Å². The van der Waals surface area contributed by atoms with Crippen molar-refractivity contribution in [2.75, 3.05) is 11.1 Å². The maximum absolute atomic E-state index is 3.70. The molecule has 0 fully saturated rings. The van der Waals surface area contributed by atoms with E-state index in [4.69, 9.17) is 0 Å². The summed E-state index contributed by atoms with van der Waals surface area (Å²) in [4.78, 5) is 1.33. The molecule has 1 atom stereocenters. The predicted octanol–water partition coefficient (Wildman–Crippen LogP) is 5.67. The molecule has 2 heteroatoms. The molecular formula is C18H23NS.